The molecule has 1 rings (SSSR count). The minimum Gasteiger partial charge on any atom is -0.208 e. The second kappa shape index (κ2) is 6.58. The fraction of sp³-hybridized carbons (Fsp3) is 0.455. The number of halogens is 3. The van der Waals surface area contributed by atoms with Gasteiger partial charge in [-0.1, -0.05) is 15.9 Å². The van der Waals surface area contributed by atoms with Crippen molar-refractivity contribution in [3.05, 3.63) is 29.8 Å². The molecule has 0 fully saturated rings. The molecule has 0 bridgehead atoms. The fourth-order valence-electron chi connectivity index (χ4n) is 1.46. The molecule has 0 saturated carbocycles. The number of hydrogen-bond donors (Lipinski definition) is 1. The van der Waals surface area contributed by atoms with Crippen LogP contribution < -0.4 is 4.72 Å². The predicted molar refractivity (Wildman–Crippen MR) is 69.2 cm³/mol. The van der Waals surface area contributed by atoms with Gasteiger partial charge < -0.3 is 0 Å². The molecule has 1 aromatic rings. The van der Waals surface area contributed by atoms with Crippen LogP contribution in [0.3, 0.4) is 0 Å². The largest absolute Gasteiger partial charge is 0.243 e. The molecule has 1 atom stereocenters. The van der Waals surface area contributed by atoms with Crippen molar-refractivity contribution >= 4 is 26.0 Å². The highest BCUT2D eigenvalue weighted by atomic mass is 79.9. The summed E-state index contributed by atoms with van der Waals surface area (Å²) in [6.07, 6.45) is 1.43. The van der Waals surface area contributed by atoms with Crippen molar-refractivity contribution in [1.29, 1.82) is 0 Å². The smallest absolute Gasteiger partial charge is 0.208 e. The number of sulfonamides is 1. The van der Waals surface area contributed by atoms with E-state index in [4.69, 9.17) is 0 Å². The molecule has 7 heteroatoms. The molecule has 18 heavy (non-hydrogen) atoms. The fourth-order valence-corrected chi connectivity index (χ4v) is 3.12. The van der Waals surface area contributed by atoms with Crippen molar-refractivity contribution in [2.24, 2.45) is 0 Å². The van der Waals surface area contributed by atoms with E-state index < -0.39 is 26.6 Å². The van der Waals surface area contributed by atoms with E-state index in [-0.39, 0.29) is 6.04 Å². The summed E-state index contributed by atoms with van der Waals surface area (Å²) < 4.78 is 52.1. The van der Waals surface area contributed by atoms with Gasteiger partial charge in [0.1, 0.15) is 16.5 Å². The van der Waals surface area contributed by atoms with Crippen molar-refractivity contribution in [3.63, 3.8) is 0 Å². The summed E-state index contributed by atoms with van der Waals surface area (Å²) in [7, 11) is -3.94. The van der Waals surface area contributed by atoms with E-state index in [1.54, 1.807) is 6.92 Å². The van der Waals surface area contributed by atoms with Gasteiger partial charge in [0.25, 0.3) is 0 Å². The lowest BCUT2D eigenvalue weighted by molar-refractivity contribution is 0.526. The van der Waals surface area contributed by atoms with Gasteiger partial charge in [0.15, 0.2) is 0 Å². The molecule has 0 spiro atoms. The Morgan fingerprint density at radius 3 is 2.61 bits per heavy atom. The number of rotatable bonds is 6. The molecular weight excluding hydrogens is 328 g/mol. The van der Waals surface area contributed by atoms with Gasteiger partial charge in [-0.05, 0) is 31.9 Å². The average molecular weight is 342 g/mol. The topological polar surface area (TPSA) is 46.2 Å². The zero-order valence-corrected chi connectivity index (χ0v) is 12.2. The van der Waals surface area contributed by atoms with E-state index >= 15 is 0 Å². The summed E-state index contributed by atoms with van der Waals surface area (Å²) in [5.74, 6) is -1.89. The van der Waals surface area contributed by atoms with E-state index in [2.05, 4.69) is 20.7 Å². The minimum atomic E-state index is -3.94. The van der Waals surface area contributed by atoms with Crippen molar-refractivity contribution in [1.82, 2.24) is 4.72 Å². The first-order chi connectivity index (χ1) is 8.36. The summed E-state index contributed by atoms with van der Waals surface area (Å²) in [5, 5.41) is 0.768. The third-order valence-corrected chi connectivity index (χ3v) is 4.49. The number of nitrogens with one attached hydrogen (secondary N) is 1. The zero-order valence-electron chi connectivity index (χ0n) is 9.79. The van der Waals surface area contributed by atoms with Crippen LogP contribution >= 0.6 is 15.9 Å². The van der Waals surface area contributed by atoms with E-state index in [1.807, 2.05) is 0 Å². The van der Waals surface area contributed by atoms with Gasteiger partial charge in [0.2, 0.25) is 10.0 Å². The summed E-state index contributed by atoms with van der Waals surface area (Å²) in [5.41, 5.74) is 0. The highest BCUT2D eigenvalue weighted by Crippen LogP contribution is 2.16. The lowest BCUT2D eigenvalue weighted by Gasteiger charge is -2.14. The Bertz CT molecular complexity index is 508. The van der Waals surface area contributed by atoms with Crippen molar-refractivity contribution in [3.8, 4) is 0 Å². The first-order valence-corrected chi connectivity index (χ1v) is 8.00. The van der Waals surface area contributed by atoms with Crippen LogP contribution in [0.1, 0.15) is 19.8 Å². The molecule has 0 saturated heterocycles. The molecule has 0 aromatic heterocycles. The van der Waals surface area contributed by atoms with Gasteiger partial charge in [-0.3, -0.25) is 0 Å². The Hall–Kier alpha value is -0.530. The van der Waals surface area contributed by atoms with Crippen molar-refractivity contribution < 1.29 is 17.2 Å². The summed E-state index contributed by atoms with van der Waals surface area (Å²) in [4.78, 5) is -0.533. The van der Waals surface area contributed by atoms with Crippen LogP contribution in [-0.4, -0.2) is 19.8 Å². The number of alkyl halides is 1. The standard InChI is InChI=1S/C11H14BrF2NO2S/c1-8(3-2-6-12)15-18(16,17)11-5-4-9(13)7-10(11)14/h4-5,7-8,15H,2-3,6H2,1H3. The molecule has 0 aliphatic heterocycles. The molecule has 3 nitrogen and oxygen atoms in total. The molecule has 0 amide bonds. The molecule has 0 radical (unpaired) electrons. The van der Waals surface area contributed by atoms with Crippen LogP contribution in [0.4, 0.5) is 8.78 Å². The molecule has 0 heterocycles. The number of hydrogen-bond acceptors (Lipinski definition) is 2. The molecule has 0 aliphatic carbocycles. The first kappa shape index (κ1) is 15.5. The van der Waals surface area contributed by atoms with Crippen molar-refractivity contribution in [2.45, 2.75) is 30.7 Å². The zero-order chi connectivity index (χ0) is 13.8. The first-order valence-electron chi connectivity index (χ1n) is 5.40. The highest BCUT2D eigenvalue weighted by molar-refractivity contribution is 9.09. The van der Waals surface area contributed by atoms with Crippen LogP contribution in [0.5, 0.6) is 0 Å². The summed E-state index contributed by atoms with van der Waals surface area (Å²) in [6, 6.07) is 2.08. The quantitative estimate of drug-likeness (QED) is 0.808. The minimum absolute atomic E-state index is 0.308. The van der Waals surface area contributed by atoms with Crippen LogP contribution in [0.25, 0.3) is 0 Å². The number of benzene rings is 1. The monoisotopic (exact) mass is 341 g/mol. The lowest BCUT2D eigenvalue weighted by Crippen LogP contribution is -2.33. The van der Waals surface area contributed by atoms with Gasteiger partial charge in [0, 0.05) is 17.4 Å². The summed E-state index contributed by atoms with van der Waals surface area (Å²) >= 11 is 3.24. The van der Waals surface area contributed by atoms with E-state index in [0.717, 1.165) is 23.9 Å². The van der Waals surface area contributed by atoms with Crippen LogP contribution in [0.2, 0.25) is 0 Å². The third kappa shape index (κ3) is 4.29. The Labute approximate surface area is 114 Å². The lowest BCUT2D eigenvalue weighted by atomic mass is 10.2. The van der Waals surface area contributed by atoms with E-state index in [0.29, 0.717) is 12.5 Å². The SMILES string of the molecule is CC(CCCBr)NS(=O)(=O)c1ccc(F)cc1F. The average Bonchev–Trinajstić information content (AvgIpc) is 2.25. The van der Waals surface area contributed by atoms with Gasteiger partial charge in [-0.15, -0.1) is 0 Å². The van der Waals surface area contributed by atoms with Gasteiger partial charge in [0.05, 0.1) is 0 Å². The van der Waals surface area contributed by atoms with Crippen LogP contribution in [0, 0.1) is 11.6 Å². The molecule has 1 unspecified atom stereocenters. The maximum Gasteiger partial charge on any atom is 0.243 e. The molecular formula is C11H14BrF2NO2S. The highest BCUT2D eigenvalue weighted by Gasteiger charge is 2.21. The molecule has 1 N–H and O–H groups in total. The van der Waals surface area contributed by atoms with Crippen molar-refractivity contribution in [2.75, 3.05) is 5.33 Å². The van der Waals surface area contributed by atoms with Gasteiger partial charge >= 0.3 is 0 Å². The molecule has 1 aromatic carbocycles. The van der Waals surface area contributed by atoms with Gasteiger partial charge in [-0.25, -0.2) is 21.9 Å². The summed E-state index contributed by atoms with van der Waals surface area (Å²) in [6.45, 7) is 1.70. The molecule has 102 valence electrons. The van der Waals surface area contributed by atoms with Crippen LogP contribution in [0.15, 0.2) is 23.1 Å². The van der Waals surface area contributed by atoms with E-state index in [9.17, 15) is 17.2 Å². The Balaban J connectivity index is 2.86. The van der Waals surface area contributed by atoms with Crippen LogP contribution in [-0.2, 0) is 10.0 Å². The third-order valence-electron chi connectivity index (χ3n) is 2.31. The van der Waals surface area contributed by atoms with E-state index in [1.165, 1.54) is 0 Å². The normalized spacial score (nSPS) is 13.6. The van der Waals surface area contributed by atoms with Gasteiger partial charge in [-0.2, -0.15) is 0 Å². The Morgan fingerprint density at radius 1 is 1.39 bits per heavy atom. The molecule has 0 aliphatic rings. The second-order valence-corrected chi connectivity index (χ2v) is 6.40. The maximum atomic E-state index is 13.4. The Morgan fingerprint density at radius 2 is 2.06 bits per heavy atom. The maximum absolute atomic E-state index is 13.4. The Kier molecular flexibility index (Phi) is 5.68. The predicted octanol–water partition coefficient (Wildman–Crippen LogP) is 2.81. The second-order valence-electron chi connectivity index (χ2n) is 3.93.